The number of nitrogens with zero attached hydrogens (tertiary/aromatic N) is 2. The molecule has 0 aliphatic heterocycles. The second kappa shape index (κ2) is 6.72. The minimum absolute atomic E-state index is 0.0872. The Kier molecular flexibility index (Phi) is 4.60. The third-order valence-electron chi connectivity index (χ3n) is 3.99. The van der Waals surface area contributed by atoms with E-state index in [1.807, 2.05) is 6.92 Å². The Morgan fingerprint density at radius 1 is 1.00 bits per heavy atom. The molecule has 0 fully saturated rings. The predicted molar refractivity (Wildman–Crippen MR) is 98.9 cm³/mol. The van der Waals surface area contributed by atoms with Crippen molar-refractivity contribution < 1.29 is 17.9 Å². The van der Waals surface area contributed by atoms with Gasteiger partial charge in [-0.15, -0.1) is 5.10 Å². The van der Waals surface area contributed by atoms with Gasteiger partial charge < -0.3 is 15.2 Å². The average Bonchev–Trinajstić information content (AvgIpc) is 3.03. The van der Waals surface area contributed by atoms with Crippen molar-refractivity contribution >= 4 is 15.8 Å². The highest BCUT2D eigenvalue weighted by Crippen LogP contribution is 2.36. The Morgan fingerprint density at radius 2 is 1.69 bits per heavy atom. The number of rotatable bonds is 5. The molecule has 0 aliphatic carbocycles. The van der Waals surface area contributed by atoms with Crippen molar-refractivity contribution in [2.24, 2.45) is 0 Å². The van der Waals surface area contributed by atoms with Crippen LogP contribution in [0.3, 0.4) is 0 Å². The molecule has 26 heavy (non-hydrogen) atoms. The van der Waals surface area contributed by atoms with E-state index in [2.05, 4.69) is 5.10 Å². The van der Waals surface area contributed by atoms with E-state index in [1.54, 1.807) is 37.4 Å². The summed E-state index contributed by atoms with van der Waals surface area (Å²) in [6, 6.07) is 11.7. The molecule has 0 aliphatic rings. The van der Waals surface area contributed by atoms with E-state index < -0.39 is 10.0 Å². The second-order valence-electron chi connectivity index (χ2n) is 5.68. The van der Waals surface area contributed by atoms with Gasteiger partial charge in [-0.1, -0.05) is 17.7 Å². The first-order valence-corrected chi connectivity index (χ1v) is 9.20. The summed E-state index contributed by atoms with van der Waals surface area (Å²) < 4.78 is 37.0. The second-order valence-corrected chi connectivity index (χ2v) is 7.48. The van der Waals surface area contributed by atoms with Gasteiger partial charge in [0.05, 0.1) is 25.3 Å². The lowest BCUT2D eigenvalue weighted by Gasteiger charge is -2.09. The third kappa shape index (κ3) is 3.11. The van der Waals surface area contributed by atoms with Crippen LogP contribution in [0.1, 0.15) is 5.56 Å². The molecule has 8 heteroatoms. The minimum atomic E-state index is -3.84. The monoisotopic (exact) mass is 373 g/mol. The summed E-state index contributed by atoms with van der Waals surface area (Å²) in [4.78, 5) is 0.138. The zero-order valence-electron chi connectivity index (χ0n) is 14.6. The van der Waals surface area contributed by atoms with Crippen LogP contribution in [0, 0.1) is 6.92 Å². The van der Waals surface area contributed by atoms with Gasteiger partial charge in [0.2, 0.25) is 0 Å². The molecular weight excluding hydrogens is 354 g/mol. The van der Waals surface area contributed by atoms with Crippen LogP contribution in [0.5, 0.6) is 11.5 Å². The van der Waals surface area contributed by atoms with Crippen molar-refractivity contribution in [1.82, 2.24) is 9.19 Å². The summed E-state index contributed by atoms with van der Waals surface area (Å²) in [5, 5.41) is 4.00. The minimum Gasteiger partial charge on any atom is -0.497 e. The molecule has 0 saturated carbocycles. The molecule has 0 unspecified atom stereocenters. The molecule has 1 aromatic heterocycles. The maximum atomic E-state index is 12.8. The molecule has 0 saturated heterocycles. The Labute approximate surface area is 152 Å². The maximum Gasteiger partial charge on any atom is 0.283 e. The van der Waals surface area contributed by atoms with Crippen molar-refractivity contribution in [3.8, 4) is 22.6 Å². The standard InChI is InChI=1S/C18H19N3O4S/c1-12-4-7-14(8-5-12)26(22,23)21-11-16(18(19)20-21)15-9-6-13(24-2)10-17(15)25-3/h4-11H,1-3H3,(H2,19,20). The summed E-state index contributed by atoms with van der Waals surface area (Å²) in [5.41, 5.74) is 8.03. The molecule has 3 aromatic rings. The number of nitrogens with two attached hydrogens (primary N) is 1. The quantitative estimate of drug-likeness (QED) is 0.739. The zero-order valence-corrected chi connectivity index (χ0v) is 15.4. The first kappa shape index (κ1) is 17.8. The van der Waals surface area contributed by atoms with Gasteiger partial charge in [0.15, 0.2) is 5.82 Å². The lowest BCUT2D eigenvalue weighted by molar-refractivity contribution is 0.395. The van der Waals surface area contributed by atoms with Gasteiger partial charge in [0.1, 0.15) is 11.5 Å². The molecule has 2 aromatic carbocycles. The third-order valence-corrected chi connectivity index (χ3v) is 5.53. The molecule has 1 heterocycles. The SMILES string of the molecule is COc1ccc(-c2cn(S(=O)(=O)c3ccc(C)cc3)nc2N)c(OC)c1. The number of ether oxygens (including phenoxy) is 2. The Balaban J connectivity index is 2.09. The van der Waals surface area contributed by atoms with Gasteiger partial charge in [-0.3, -0.25) is 0 Å². The summed E-state index contributed by atoms with van der Waals surface area (Å²) in [6.07, 6.45) is 1.38. The van der Waals surface area contributed by atoms with Crippen LogP contribution in [0.15, 0.2) is 53.6 Å². The lowest BCUT2D eigenvalue weighted by Crippen LogP contribution is -2.13. The van der Waals surface area contributed by atoms with Gasteiger partial charge >= 0.3 is 0 Å². The van der Waals surface area contributed by atoms with Crippen LogP contribution in [0.25, 0.3) is 11.1 Å². The van der Waals surface area contributed by atoms with E-state index in [-0.39, 0.29) is 10.7 Å². The van der Waals surface area contributed by atoms with Gasteiger partial charge in [-0.25, -0.2) is 0 Å². The van der Waals surface area contributed by atoms with E-state index in [1.165, 1.54) is 25.4 Å². The number of benzene rings is 2. The fraction of sp³-hybridized carbons (Fsp3) is 0.167. The van der Waals surface area contributed by atoms with E-state index >= 15 is 0 Å². The number of hydrogen-bond donors (Lipinski definition) is 1. The number of aromatic nitrogens is 2. The maximum absolute atomic E-state index is 12.8. The lowest BCUT2D eigenvalue weighted by atomic mass is 10.1. The number of nitrogen functional groups attached to an aromatic ring is 1. The summed E-state index contributed by atoms with van der Waals surface area (Å²) >= 11 is 0. The van der Waals surface area contributed by atoms with Crippen molar-refractivity contribution in [3.05, 3.63) is 54.2 Å². The van der Waals surface area contributed by atoms with Crippen LogP contribution < -0.4 is 15.2 Å². The number of methoxy groups -OCH3 is 2. The van der Waals surface area contributed by atoms with Gasteiger partial charge in [0.25, 0.3) is 10.0 Å². The molecule has 136 valence electrons. The van der Waals surface area contributed by atoms with Crippen molar-refractivity contribution in [1.29, 1.82) is 0 Å². The Morgan fingerprint density at radius 3 is 2.31 bits per heavy atom. The number of aryl methyl sites for hydroxylation is 1. The first-order valence-electron chi connectivity index (χ1n) is 7.76. The van der Waals surface area contributed by atoms with E-state index in [0.29, 0.717) is 22.6 Å². The Bertz CT molecular complexity index is 1040. The highest BCUT2D eigenvalue weighted by molar-refractivity contribution is 7.89. The van der Waals surface area contributed by atoms with Crippen LogP contribution in [-0.2, 0) is 10.0 Å². The first-order chi connectivity index (χ1) is 12.4. The molecule has 7 nitrogen and oxygen atoms in total. The van der Waals surface area contributed by atoms with Gasteiger partial charge in [-0.2, -0.15) is 12.5 Å². The molecule has 0 radical (unpaired) electrons. The molecule has 0 atom stereocenters. The number of anilines is 1. The van der Waals surface area contributed by atoms with E-state index in [9.17, 15) is 8.42 Å². The fourth-order valence-electron chi connectivity index (χ4n) is 2.54. The van der Waals surface area contributed by atoms with E-state index in [0.717, 1.165) is 9.65 Å². The highest BCUT2D eigenvalue weighted by Gasteiger charge is 2.22. The molecule has 3 rings (SSSR count). The molecule has 0 spiro atoms. The molecule has 2 N–H and O–H groups in total. The predicted octanol–water partition coefficient (Wildman–Crippen LogP) is 2.69. The van der Waals surface area contributed by atoms with Crippen LogP contribution >= 0.6 is 0 Å². The van der Waals surface area contributed by atoms with Crippen LogP contribution in [0.2, 0.25) is 0 Å². The summed E-state index contributed by atoms with van der Waals surface area (Å²) in [6.45, 7) is 1.89. The van der Waals surface area contributed by atoms with Crippen LogP contribution in [-0.4, -0.2) is 31.8 Å². The average molecular weight is 373 g/mol. The largest absolute Gasteiger partial charge is 0.497 e. The zero-order chi connectivity index (χ0) is 18.9. The summed E-state index contributed by atoms with van der Waals surface area (Å²) in [5.74, 6) is 1.20. The molecule has 0 bridgehead atoms. The molecular formula is C18H19N3O4S. The topological polar surface area (TPSA) is 96.4 Å². The Hall–Kier alpha value is -3.00. The van der Waals surface area contributed by atoms with E-state index in [4.69, 9.17) is 15.2 Å². The van der Waals surface area contributed by atoms with Crippen LogP contribution in [0.4, 0.5) is 5.82 Å². The van der Waals surface area contributed by atoms with Crippen molar-refractivity contribution in [2.75, 3.05) is 20.0 Å². The fourth-order valence-corrected chi connectivity index (χ4v) is 3.67. The molecule has 0 amide bonds. The van der Waals surface area contributed by atoms with Crippen molar-refractivity contribution in [2.45, 2.75) is 11.8 Å². The van der Waals surface area contributed by atoms with Gasteiger partial charge in [-0.05, 0) is 31.2 Å². The van der Waals surface area contributed by atoms with Gasteiger partial charge in [0, 0.05) is 17.2 Å². The normalized spacial score (nSPS) is 11.3. The highest BCUT2D eigenvalue weighted by atomic mass is 32.2. The number of hydrogen-bond acceptors (Lipinski definition) is 6. The smallest absolute Gasteiger partial charge is 0.283 e. The van der Waals surface area contributed by atoms with Crippen molar-refractivity contribution in [3.63, 3.8) is 0 Å². The summed E-state index contributed by atoms with van der Waals surface area (Å²) in [7, 11) is -0.771.